The van der Waals surface area contributed by atoms with Gasteiger partial charge in [0.1, 0.15) is 0 Å². The Morgan fingerprint density at radius 2 is 2.10 bits per heavy atom. The number of nitrogens with zero attached hydrogens (tertiary/aromatic N) is 2. The summed E-state index contributed by atoms with van der Waals surface area (Å²) in [6, 6.07) is 0.388. The molecule has 0 bridgehead atoms. The molecule has 0 amide bonds. The zero-order valence-corrected chi connectivity index (χ0v) is 14.4. The zero-order chi connectivity index (χ0) is 14.5. The predicted molar refractivity (Wildman–Crippen MR) is 87.6 cm³/mol. The first-order valence-corrected chi connectivity index (χ1v) is 9.54. The van der Waals surface area contributed by atoms with Crippen molar-refractivity contribution in [1.82, 2.24) is 15.5 Å². The summed E-state index contributed by atoms with van der Waals surface area (Å²) in [6.45, 7) is 6.58. The fourth-order valence-corrected chi connectivity index (χ4v) is 5.65. The van der Waals surface area contributed by atoms with Gasteiger partial charge >= 0.3 is 0 Å². The van der Waals surface area contributed by atoms with E-state index in [0.717, 1.165) is 24.6 Å². The van der Waals surface area contributed by atoms with Gasteiger partial charge in [0.25, 0.3) is 0 Å². The second-order valence-corrected chi connectivity index (χ2v) is 7.79. The quantitative estimate of drug-likeness (QED) is 0.867. The molecule has 4 atom stereocenters. The fourth-order valence-electron chi connectivity index (χ4n) is 2.67. The van der Waals surface area contributed by atoms with Crippen LogP contribution in [0.5, 0.6) is 0 Å². The van der Waals surface area contributed by atoms with Crippen molar-refractivity contribution in [2.45, 2.75) is 56.1 Å². The lowest BCUT2D eigenvalue weighted by Gasteiger charge is -2.27. The molecule has 2 heterocycles. The Morgan fingerprint density at radius 3 is 2.75 bits per heavy atom. The van der Waals surface area contributed by atoms with Gasteiger partial charge in [-0.15, -0.1) is 11.8 Å². The smallest absolute Gasteiger partial charge is 0.231 e. The average Bonchev–Trinajstić information content (AvgIpc) is 2.98. The molecule has 1 N–H and O–H groups in total. The topological polar surface area (TPSA) is 51.0 Å². The van der Waals surface area contributed by atoms with Gasteiger partial charge in [0, 0.05) is 22.8 Å². The van der Waals surface area contributed by atoms with Crippen LogP contribution < -0.4 is 5.32 Å². The highest BCUT2D eigenvalue weighted by molar-refractivity contribution is 8.06. The van der Waals surface area contributed by atoms with Crippen LogP contribution in [-0.2, 0) is 0 Å². The minimum Gasteiger partial charge on any atom is -0.339 e. The molecular formula is C14H25N3OS2. The lowest BCUT2D eigenvalue weighted by Crippen LogP contribution is -2.30. The van der Waals surface area contributed by atoms with E-state index < -0.39 is 0 Å². The maximum absolute atomic E-state index is 5.53. The molecule has 0 aromatic carbocycles. The van der Waals surface area contributed by atoms with Gasteiger partial charge in [-0.25, -0.2) is 0 Å². The molecule has 1 saturated heterocycles. The molecular weight excluding hydrogens is 290 g/mol. The van der Waals surface area contributed by atoms with Gasteiger partial charge in [-0.2, -0.15) is 16.7 Å². The molecule has 6 heteroatoms. The van der Waals surface area contributed by atoms with E-state index in [1.807, 2.05) is 30.6 Å². The van der Waals surface area contributed by atoms with Crippen LogP contribution in [-0.4, -0.2) is 40.0 Å². The summed E-state index contributed by atoms with van der Waals surface area (Å²) in [5, 5.41) is 8.58. The highest BCUT2D eigenvalue weighted by Crippen LogP contribution is 2.43. The van der Waals surface area contributed by atoms with Gasteiger partial charge in [0.15, 0.2) is 5.82 Å². The number of likely N-dealkylation sites (N-methyl/N-ethyl adjacent to an activating group) is 1. The van der Waals surface area contributed by atoms with Crippen LogP contribution in [0.2, 0.25) is 0 Å². The van der Waals surface area contributed by atoms with E-state index in [9.17, 15) is 0 Å². The van der Waals surface area contributed by atoms with Crippen LogP contribution in [0.4, 0.5) is 0 Å². The number of hydrogen-bond acceptors (Lipinski definition) is 6. The maximum Gasteiger partial charge on any atom is 0.231 e. The molecule has 1 aromatic rings. The molecule has 0 aliphatic carbocycles. The highest BCUT2D eigenvalue weighted by Gasteiger charge is 2.31. The first kappa shape index (κ1) is 16.2. The van der Waals surface area contributed by atoms with Gasteiger partial charge < -0.3 is 9.84 Å². The second-order valence-electron chi connectivity index (χ2n) is 5.19. The van der Waals surface area contributed by atoms with E-state index in [1.54, 1.807) is 0 Å². The summed E-state index contributed by atoms with van der Waals surface area (Å²) in [5.41, 5.74) is 0. The number of thioether (sulfide) groups is 2. The van der Waals surface area contributed by atoms with Crippen molar-refractivity contribution in [2.75, 3.05) is 18.6 Å². The molecule has 20 heavy (non-hydrogen) atoms. The minimum absolute atomic E-state index is 0.257. The molecule has 0 saturated carbocycles. The van der Waals surface area contributed by atoms with E-state index >= 15 is 0 Å². The summed E-state index contributed by atoms with van der Waals surface area (Å²) in [4.78, 5) is 4.70. The van der Waals surface area contributed by atoms with Crippen LogP contribution in [0.3, 0.4) is 0 Å². The Balaban J connectivity index is 2.11. The first-order valence-electron chi connectivity index (χ1n) is 7.45. The highest BCUT2D eigenvalue weighted by atomic mass is 32.2. The number of hydrogen-bond donors (Lipinski definition) is 1. The number of nitrogens with one attached hydrogen (secondary N) is 1. The molecule has 1 aliphatic rings. The lowest BCUT2D eigenvalue weighted by molar-refractivity contribution is 0.323. The molecule has 2 rings (SSSR count). The lowest BCUT2D eigenvalue weighted by atomic mass is 10.00. The van der Waals surface area contributed by atoms with Crippen LogP contribution in [0, 0.1) is 0 Å². The maximum atomic E-state index is 5.53. The van der Waals surface area contributed by atoms with Crippen molar-refractivity contribution >= 4 is 23.5 Å². The van der Waals surface area contributed by atoms with Crippen molar-refractivity contribution in [1.29, 1.82) is 0 Å². The van der Waals surface area contributed by atoms with E-state index in [0.29, 0.717) is 16.5 Å². The van der Waals surface area contributed by atoms with E-state index in [1.165, 1.54) is 11.5 Å². The standard InChI is InChI=1S/C14H25N3OS2/c1-5-10(15-4)9(3)14-16-13(17-18-14)12-11(6-2)19-7-8-20-12/h9-12,15H,5-8H2,1-4H3. The molecule has 0 radical (unpaired) electrons. The Hall–Kier alpha value is -0.200. The summed E-state index contributed by atoms with van der Waals surface area (Å²) >= 11 is 4.02. The molecule has 4 nitrogen and oxygen atoms in total. The average molecular weight is 316 g/mol. The Kier molecular flexibility index (Phi) is 6.23. The molecule has 114 valence electrons. The van der Waals surface area contributed by atoms with Crippen molar-refractivity contribution in [3.8, 4) is 0 Å². The van der Waals surface area contributed by atoms with Gasteiger partial charge in [-0.05, 0) is 19.9 Å². The first-order chi connectivity index (χ1) is 9.71. The van der Waals surface area contributed by atoms with Gasteiger partial charge in [0.2, 0.25) is 5.89 Å². The summed E-state index contributed by atoms with van der Waals surface area (Å²) in [7, 11) is 1.99. The molecule has 1 aromatic heterocycles. The summed E-state index contributed by atoms with van der Waals surface area (Å²) in [5.74, 6) is 4.33. The summed E-state index contributed by atoms with van der Waals surface area (Å²) < 4.78 is 5.53. The number of aromatic nitrogens is 2. The Bertz CT molecular complexity index is 409. The zero-order valence-electron chi connectivity index (χ0n) is 12.8. The van der Waals surface area contributed by atoms with E-state index in [4.69, 9.17) is 9.51 Å². The molecule has 0 spiro atoms. The number of rotatable bonds is 6. The van der Waals surface area contributed by atoms with E-state index in [2.05, 4.69) is 31.2 Å². The Labute approximate surface area is 130 Å². The molecule has 1 fully saturated rings. The third-order valence-corrected chi connectivity index (χ3v) is 7.21. The summed E-state index contributed by atoms with van der Waals surface area (Å²) in [6.07, 6.45) is 2.22. The van der Waals surface area contributed by atoms with Crippen LogP contribution >= 0.6 is 23.5 Å². The van der Waals surface area contributed by atoms with Crippen LogP contribution in [0.25, 0.3) is 0 Å². The van der Waals surface area contributed by atoms with Crippen molar-refractivity contribution < 1.29 is 4.52 Å². The molecule has 4 unspecified atom stereocenters. The van der Waals surface area contributed by atoms with E-state index in [-0.39, 0.29) is 5.92 Å². The predicted octanol–water partition coefficient (Wildman–Crippen LogP) is 3.47. The third kappa shape index (κ3) is 3.52. The van der Waals surface area contributed by atoms with Crippen LogP contribution in [0.15, 0.2) is 4.52 Å². The monoisotopic (exact) mass is 315 g/mol. The largest absolute Gasteiger partial charge is 0.339 e. The van der Waals surface area contributed by atoms with Crippen molar-refractivity contribution in [3.63, 3.8) is 0 Å². The van der Waals surface area contributed by atoms with Crippen molar-refractivity contribution in [3.05, 3.63) is 11.7 Å². The van der Waals surface area contributed by atoms with Gasteiger partial charge in [0.05, 0.1) is 11.2 Å². The Morgan fingerprint density at radius 1 is 1.35 bits per heavy atom. The normalized spacial score (nSPS) is 26.4. The van der Waals surface area contributed by atoms with Gasteiger partial charge in [-0.3, -0.25) is 0 Å². The fraction of sp³-hybridized carbons (Fsp3) is 0.857. The third-order valence-electron chi connectivity index (χ3n) is 3.97. The van der Waals surface area contributed by atoms with Gasteiger partial charge in [-0.1, -0.05) is 25.9 Å². The molecule has 1 aliphatic heterocycles. The minimum atomic E-state index is 0.257. The van der Waals surface area contributed by atoms with Crippen LogP contribution in [0.1, 0.15) is 56.5 Å². The second kappa shape index (κ2) is 7.71. The van der Waals surface area contributed by atoms with Crippen molar-refractivity contribution in [2.24, 2.45) is 0 Å². The SMILES string of the molecule is CCC(NC)C(C)c1nc(C2SCCSC2CC)no1.